The molecular formula is C14H20N4. The molecule has 0 bridgehead atoms. The van der Waals surface area contributed by atoms with Gasteiger partial charge in [-0.25, -0.2) is 4.68 Å². The molecule has 2 rings (SSSR count). The third-order valence-electron chi connectivity index (χ3n) is 2.72. The van der Waals surface area contributed by atoms with E-state index in [1.54, 1.807) is 0 Å². The molecule has 18 heavy (non-hydrogen) atoms. The van der Waals surface area contributed by atoms with E-state index in [1.165, 1.54) is 5.56 Å². The van der Waals surface area contributed by atoms with Crippen molar-refractivity contribution in [3.05, 3.63) is 42.0 Å². The summed E-state index contributed by atoms with van der Waals surface area (Å²) in [5.41, 5.74) is 3.27. The Balaban J connectivity index is 2.15. The maximum absolute atomic E-state index is 4.43. The van der Waals surface area contributed by atoms with Gasteiger partial charge in [-0.3, -0.25) is 4.98 Å². The van der Waals surface area contributed by atoms with Crippen LogP contribution in [-0.4, -0.2) is 21.3 Å². The van der Waals surface area contributed by atoms with Crippen LogP contribution in [0.3, 0.4) is 0 Å². The minimum Gasteiger partial charge on any atom is -0.312 e. The molecule has 4 nitrogen and oxygen atoms in total. The smallest absolute Gasteiger partial charge is 0.0873 e. The number of hydrogen-bond donors (Lipinski definition) is 1. The number of nitrogens with zero attached hydrogens (tertiary/aromatic N) is 3. The maximum atomic E-state index is 4.43. The van der Waals surface area contributed by atoms with Crippen LogP contribution in [0.25, 0.3) is 5.69 Å². The Morgan fingerprint density at radius 2 is 2.17 bits per heavy atom. The number of aryl methyl sites for hydroxylation is 1. The first-order chi connectivity index (χ1) is 8.66. The van der Waals surface area contributed by atoms with Crippen LogP contribution in [0.1, 0.15) is 25.1 Å². The van der Waals surface area contributed by atoms with Crippen molar-refractivity contribution in [3.63, 3.8) is 0 Å². The molecule has 0 amide bonds. The average molecular weight is 244 g/mol. The fraction of sp³-hybridized carbons (Fsp3) is 0.429. The molecule has 0 saturated heterocycles. The Morgan fingerprint density at radius 3 is 2.83 bits per heavy atom. The van der Waals surface area contributed by atoms with Crippen molar-refractivity contribution in [2.24, 2.45) is 5.92 Å². The minimum absolute atomic E-state index is 0.655. The monoisotopic (exact) mass is 244 g/mol. The molecule has 0 fully saturated rings. The lowest BCUT2D eigenvalue weighted by Crippen LogP contribution is -2.20. The van der Waals surface area contributed by atoms with E-state index < -0.39 is 0 Å². The Morgan fingerprint density at radius 1 is 1.33 bits per heavy atom. The van der Waals surface area contributed by atoms with Crippen LogP contribution in [0.2, 0.25) is 0 Å². The van der Waals surface area contributed by atoms with Gasteiger partial charge in [-0.2, -0.15) is 5.10 Å². The number of nitrogens with one attached hydrogen (secondary N) is 1. The molecule has 0 aliphatic carbocycles. The summed E-state index contributed by atoms with van der Waals surface area (Å²) in [5.74, 6) is 0.655. The molecule has 0 aliphatic rings. The second-order valence-corrected chi connectivity index (χ2v) is 4.93. The van der Waals surface area contributed by atoms with Crippen LogP contribution in [0.5, 0.6) is 0 Å². The van der Waals surface area contributed by atoms with Gasteiger partial charge in [0.15, 0.2) is 0 Å². The third-order valence-corrected chi connectivity index (χ3v) is 2.72. The molecule has 2 aromatic rings. The Kier molecular flexibility index (Phi) is 4.10. The van der Waals surface area contributed by atoms with E-state index in [-0.39, 0.29) is 0 Å². The topological polar surface area (TPSA) is 42.7 Å². The van der Waals surface area contributed by atoms with E-state index in [9.17, 15) is 0 Å². The molecule has 0 atom stereocenters. The van der Waals surface area contributed by atoms with Crippen LogP contribution in [0.15, 0.2) is 30.7 Å². The first kappa shape index (κ1) is 12.8. The van der Waals surface area contributed by atoms with Crippen molar-refractivity contribution in [3.8, 4) is 5.69 Å². The SMILES string of the molecule is Cc1ccn(-c2cnccc2CNCC(C)C)n1. The average Bonchev–Trinajstić information content (AvgIpc) is 2.76. The summed E-state index contributed by atoms with van der Waals surface area (Å²) in [6.07, 6.45) is 5.66. The molecule has 1 N–H and O–H groups in total. The van der Waals surface area contributed by atoms with Gasteiger partial charge in [0.05, 0.1) is 17.6 Å². The number of pyridine rings is 1. The van der Waals surface area contributed by atoms with Gasteiger partial charge >= 0.3 is 0 Å². The van der Waals surface area contributed by atoms with Gasteiger partial charge < -0.3 is 5.32 Å². The second kappa shape index (κ2) is 5.78. The van der Waals surface area contributed by atoms with Gasteiger partial charge in [0, 0.05) is 18.9 Å². The van der Waals surface area contributed by atoms with Crippen LogP contribution in [0, 0.1) is 12.8 Å². The van der Waals surface area contributed by atoms with E-state index in [0.29, 0.717) is 5.92 Å². The normalized spacial score (nSPS) is 11.1. The zero-order chi connectivity index (χ0) is 13.0. The number of rotatable bonds is 5. The number of aromatic nitrogens is 3. The molecule has 0 aliphatic heterocycles. The van der Waals surface area contributed by atoms with Gasteiger partial charge in [-0.05, 0) is 37.1 Å². The quantitative estimate of drug-likeness (QED) is 0.877. The third kappa shape index (κ3) is 3.17. The van der Waals surface area contributed by atoms with Crippen molar-refractivity contribution in [2.45, 2.75) is 27.3 Å². The highest BCUT2D eigenvalue weighted by Crippen LogP contribution is 2.12. The molecule has 0 spiro atoms. The largest absolute Gasteiger partial charge is 0.312 e. The van der Waals surface area contributed by atoms with Gasteiger partial charge in [-0.15, -0.1) is 0 Å². The van der Waals surface area contributed by atoms with Crippen molar-refractivity contribution in [1.82, 2.24) is 20.1 Å². The standard InChI is InChI=1S/C14H20N4/c1-11(2)8-16-9-13-4-6-15-10-14(13)18-7-5-12(3)17-18/h4-7,10-11,16H,8-9H2,1-3H3. The molecule has 96 valence electrons. The highest BCUT2D eigenvalue weighted by atomic mass is 15.3. The zero-order valence-corrected chi connectivity index (χ0v) is 11.2. The lowest BCUT2D eigenvalue weighted by molar-refractivity contribution is 0.551. The van der Waals surface area contributed by atoms with Crippen molar-refractivity contribution in [2.75, 3.05) is 6.54 Å². The van der Waals surface area contributed by atoms with E-state index in [2.05, 4.69) is 29.2 Å². The Labute approximate surface area is 108 Å². The lowest BCUT2D eigenvalue weighted by atomic mass is 10.2. The van der Waals surface area contributed by atoms with E-state index in [4.69, 9.17) is 0 Å². The van der Waals surface area contributed by atoms with Crippen LogP contribution in [-0.2, 0) is 6.54 Å². The molecule has 0 aromatic carbocycles. The Hall–Kier alpha value is -1.68. The second-order valence-electron chi connectivity index (χ2n) is 4.93. The molecule has 0 radical (unpaired) electrons. The van der Waals surface area contributed by atoms with Gasteiger partial charge in [0.2, 0.25) is 0 Å². The summed E-state index contributed by atoms with van der Waals surface area (Å²) in [7, 11) is 0. The van der Waals surface area contributed by atoms with Gasteiger partial charge in [-0.1, -0.05) is 13.8 Å². The van der Waals surface area contributed by atoms with Crippen molar-refractivity contribution in [1.29, 1.82) is 0 Å². The van der Waals surface area contributed by atoms with Crippen LogP contribution < -0.4 is 5.32 Å². The summed E-state index contributed by atoms with van der Waals surface area (Å²) in [6, 6.07) is 4.04. The fourth-order valence-electron chi connectivity index (χ4n) is 1.82. The summed E-state index contributed by atoms with van der Waals surface area (Å²) >= 11 is 0. The van der Waals surface area contributed by atoms with E-state index in [0.717, 1.165) is 24.5 Å². The van der Waals surface area contributed by atoms with Crippen molar-refractivity contribution >= 4 is 0 Å². The zero-order valence-electron chi connectivity index (χ0n) is 11.2. The Bertz CT molecular complexity index is 502. The molecule has 0 unspecified atom stereocenters. The maximum Gasteiger partial charge on any atom is 0.0873 e. The minimum atomic E-state index is 0.655. The predicted octanol–water partition coefficient (Wildman–Crippen LogP) is 2.32. The summed E-state index contributed by atoms with van der Waals surface area (Å²) < 4.78 is 1.88. The van der Waals surface area contributed by atoms with Crippen molar-refractivity contribution < 1.29 is 0 Å². The van der Waals surface area contributed by atoms with Crippen LogP contribution in [0.4, 0.5) is 0 Å². The summed E-state index contributed by atoms with van der Waals surface area (Å²) in [6.45, 7) is 8.26. The molecule has 2 aromatic heterocycles. The first-order valence-electron chi connectivity index (χ1n) is 6.33. The molecule has 4 heteroatoms. The summed E-state index contributed by atoms with van der Waals surface area (Å²) in [4.78, 5) is 4.19. The van der Waals surface area contributed by atoms with Gasteiger partial charge in [0.25, 0.3) is 0 Å². The first-order valence-corrected chi connectivity index (χ1v) is 6.33. The van der Waals surface area contributed by atoms with Gasteiger partial charge in [0.1, 0.15) is 0 Å². The molecule has 2 heterocycles. The van der Waals surface area contributed by atoms with Crippen LogP contribution >= 0.6 is 0 Å². The summed E-state index contributed by atoms with van der Waals surface area (Å²) in [5, 5.41) is 7.88. The highest BCUT2D eigenvalue weighted by Gasteiger charge is 2.05. The lowest BCUT2D eigenvalue weighted by Gasteiger charge is -2.11. The fourth-order valence-corrected chi connectivity index (χ4v) is 1.82. The van der Waals surface area contributed by atoms with E-state index in [1.807, 2.05) is 42.3 Å². The molecule has 0 saturated carbocycles. The number of hydrogen-bond acceptors (Lipinski definition) is 3. The van der Waals surface area contributed by atoms with E-state index >= 15 is 0 Å². The molecular weight excluding hydrogens is 224 g/mol. The highest BCUT2D eigenvalue weighted by molar-refractivity contribution is 5.37. The predicted molar refractivity (Wildman–Crippen MR) is 72.6 cm³/mol.